The number of piperazine rings is 1. The first kappa shape index (κ1) is 27.1. The third-order valence-corrected chi connectivity index (χ3v) is 8.46. The number of nitriles is 2. The van der Waals surface area contributed by atoms with Crippen LogP contribution in [0.5, 0.6) is 0 Å². The minimum absolute atomic E-state index is 0.0725. The molecule has 7 heteroatoms. The first-order valence-corrected chi connectivity index (χ1v) is 14.0. The highest BCUT2D eigenvalue weighted by atomic mass is 16.2. The van der Waals surface area contributed by atoms with Crippen LogP contribution in [0.3, 0.4) is 0 Å². The van der Waals surface area contributed by atoms with Crippen LogP contribution >= 0.6 is 0 Å². The number of nitrogens with zero attached hydrogens (tertiary/aromatic N) is 6. The van der Waals surface area contributed by atoms with E-state index in [4.69, 9.17) is 0 Å². The lowest BCUT2D eigenvalue weighted by Crippen LogP contribution is -2.49. The molecule has 0 saturated carbocycles. The highest BCUT2D eigenvalue weighted by molar-refractivity contribution is 5.97. The van der Waals surface area contributed by atoms with Crippen LogP contribution in [0.25, 0.3) is 0 Å². The average molecular weight is 533 g/mol. The summed E-state index contributed by atoms with van der Waals surface area (Å²) in [5.41, 5.74) is 7.39. The summed E-state index contributed by atoms with van der Waals surface area (Å²) in [6, 6.07) is 24.7. The Hall–Kier alpha value is -4.49. The van der Waals surface area contributed by atoms with E-state index in [-0.39, 0.29) is 5.91 Å². The number of amides is 1. The fourth-order valence-corrected chi connectivity index (χ4v) is 6.15. The Morgan fingerprint density at radius 3 is 1.85 bits per heavy atom. The van der Waals surface area contributed by atoms with E-state index < -0.39 is 0 Å². The number of carbonyl (C=O) groups is 1. The molecule has 204 valence electrons. The topological polar surface area (TPSA) is 77.6 Å². The van der Waals surface area contributed by atoms with E-state index in [2.05, 4.69) is 52.9 Å². The zero-order chi connectivity index (χ0) is 28.2. The van der Waals surface area contributed by atoms with Crippen molar-refractivity contribution in [3.8, 4) is 12.1 Å². The molecule has 0 unspecified atom stereocenters. The molecule has 2 aliphatic heterocycles. The SMILES string of the molecule is Cc1cc(C)c(N(C)C2CCN(c3ccccc3C#N)CC2)cc1C(=O)N1CCN(c2ccccc2C#N)CC1. The van der Waals surface area contributed by atoms with Gasteiger partial charge >= 0.3 is 0 Å². The van der Waals surface area contributed by atoms with Crippen LogP contribution in [0.15, 0.2) is 60.7 Å². The lowest BCUT2D eigenvalue weighted by Gasteiger charge is -2.40. The third kappa shape index (κ3) is 5.33. The fraction of sp³-hybridized carbons (Fsp3) is 0.364. The predicted octanol–water partition coefficient (Wildman–Crippen LogP) is 5.11. The van der Waals surface area contributed by atoms with Gasteiger partial charge in [-0.2, -0.15) is 10.5 Å². The highest BCUT2D eigenvalue weighted by Crippen LogP contribution is 2.31. The van der Waals surface area contributed by atoms with Gasteiger partial charge in [0.25, 0.3) is 5.91 Å². The highest BCUT2D eigenvalue weighted by Gasteiger charge is 2.28. The summed E-state index contributed by atoms with van der Waals surface area (Å²) in [7, 11) is 2.14. The summed E-state index contributed by atoms with van der Waals surface area (Å²) < 4.78 is 0. The summed E-state index contributed by atoms with van der Waals surface area (Å²) in [5, 5.41) is 19.0. The second kappa shape index (κ2) is 11.7. The molecule has 0 spiro atoms. The molecule has 0 atom stereocenters. The van der Waals surface area contributed by atoms with Crippen LogP contribution in [0, 0.1) is 36.5 Å². The molecule has 3 aromatic carbocycles. The van der Waals surface area contributed by atoms with Gasteiger partial charge in [0.15, 0.2) is 0 Å². The number of benzene rings is 3. The summed E-state index contributed by atoms with van der Waals surface area (Å²) in [5.74, 6) is 0.0725. The van der Waals surface area contributed by atoms with E-state index in [1.54, 1.807) is 0 Å². The second-order valence-electron chi connectivity index (χ2n) is 10.8. The van der Waals surface area contributed by atoms with Crippen molar-refractivity contribution in [1.82, 2.24) is 4.90 Å². The van der Waals surface area contributed by atoms with Gasteiger partial charge in [0, 0.05) is 63.6 Å². The van der Waals surface area contributed by atoms with E-state index in [1.165, 1.54) is 5.56 Å². The molecular weight excluding hydrogens is 496 g/mol. The van der Waals surface area contributed by atoms with Crippen LogP contribution in [0.1, 0.15) is 45.5 Å². The predicted molar refractivity (Wildman–Crippen MR) is 160 cm³/mol. The Bertz CT molecular complexity index is 1470. The average Bonchev–Trinajstić information content (AvgIpc) is 3.00. The van der Waals surface area contributed by atoms with Gasteiger partial charge in [0.2, 0.25) is 0 Å². The molecule has 0 N–H and O–H groups in total. The molecule has 0 aromatic heterocycles. The van der Waals surface area contributed by atoms with Gasteiger partial charge in [-0.15, -0.1) is 0 Å². The van der Waals surface area contributed by atoms with Crippen LogP contribution in [-0.4, -0.2) is 63.2 Å². The van der Waals surface area contributed by atoms with Gasteiger partial charge in [-0.1, -0.05) is 30.3 Å². The molecule has 2 aliphatic rings. The van der Waals surface area contributed by atoms with Gasteiger partial charge in [0.1, 0.15) is 12.1 Å². The van der Waals surface area contributed by atoms with Crippen molar-refractivity contribution in [1.29, 1.82) is 10.5 Å². The maximum absolute atomic E-state index is 13.7. The second-order valence-corrected chi connectivity index (χ2v) is 10.8. The number of hydrogen-bond donors (Lipinski definition) is 0. The molecule has 2 saturated heterocycles. The zero-order valence-corrected chi connectivity index (χ0v) is 23.6. The molecule has 40 heavy (non-hydrogen) atoms. The summed E-state index contributed by atoms with van der Waals surface area (Å²) in [6.45, 7) is 8.59. The van der Waals surface area contributed by atoms with Crippen LogP contribution in [0.2, 0.25) is 0 Å². The fourth-order valence-electron chi connectivity index (χ4n) is 6.15. The Balaban J connectivity index is 1.26. The number of hydrogen-bond acceptors (Lipinski definition) is 6. The molecule has 3 aromatic rings. The van der Waals surface area contributed by atoms with E-state index in [0.717, 1.165) is 59.7 Å². The molecule has 2 heterocycles. The third-order valence-electron chi connectivity index (χ3n) is 8.46. The minimum atomic E-state index is 0.0725. The van der Waals surface area contributed by atoms with Gasteiger partial charge in [-0.3, -0.25) is 4.79 Å². The van der Waals surface area contributed by atoms with Crippen molar-refractivity contribution in [3.05, 3.63) is 88.5 Å². The minimum Gasteiger partial charge on any atom is -0.371 e. The van der Waals surface area contributed by atoms with Crippen molar-refractivity contribution in [2.24, 2.45) is 0 Å². The van der Waals surface area contributed by atoms with Crippen LogP contribution in [-0.2, 0) is 0 Å². The zero-order valence-electron chi connectivity index (χ0n) is 23.6. The summed E-state index contributed by atoms with van der Waals surface area (Å²) in [4.78, 5) is 22.5. The number of anilines is 3. The first-order chi connectivity index (χ1) is 19.4. The Labute approximate surface area is 237 Å². The molecule has 5 rings (SSSR count). The number of para-hydroxylation sites is 2. The molecule has 0 bridgehead atoms. The lowest BCUT2D eigenvalue weighted by molar-refractivity contribution is 0.0746. The molecule has 2 fully saturated rings. The van der Waals surface area contributed by atoms with E-state index in [0.29, 0.717) is 37.8 Å². The number of piperidine rings is 1. The number of carbonyl (C=O) groups excluding carboxylic acids is 1. The van der Waals surface area contributed by atoms with E-state index in [9.17, 15) is 15.3 Å². The maximum Gasteiger partial charge on any atom is 0.254 e. The lowest BCUT2D eigenvalue weighted by atomic mass is 9.97. The quantitative estimate of drug-likeness (QED) is 0.454. The van der Waals surface area contributed by atoms with Crippen LogP contribution in [0.4, 0.5) is 17.1 Å². The maximum atomic E-state index is 13.7. The Kier molecular flexibility index (Phi) is 7.94. The van der Waals surface area contributed by atoms with Crippen molar-refractivity contribution in [2.75, 3.05) is 61.0 Å². The normalized spacial score (nSPS) is 15.9. The van der Waals surface area contributed by atoms with Gasteiger partial charge < -0.3 is 19.6 Å². The van der Waals surface area contributed by atoms with E-state index >= 15 is 0 Å². The number of rotatable bonds is 5. The summed E-state index contributed by atoms with van der Waals surface area (Å²) in [6.07, 6.45) is 1.97. The van der Waals surface area contributed by atoms with Crippen molar-refractivity contribution >= 4 is 23.0 Å². The largest absolute Gasteiger partial charge is 0.371 e. The van der Waals surface area contributed by atoms with Crippen molar-refractivity contribution in [2.45, 2.75) is 32.7 Å². The molecule has 0 radical (unpaired) electrons. The smallest absolute Gasteiger partial charge is 0.254 e. The summed E-state index contributed by atoms with van der Waals surface area (Å²) >= 11 is 0. The number of aryl methyl sites for hydroxylation is 2. The van der Waals surface area contributed by atoms with Gasteiger partial charge in [-0.25, -0.2) is 0 Å². The first-order valence-electron chi connectivity index (χ1n) is 14.0. The van der Waals surface area contributed by atoms with Gasteiger partial charge in [-0.05, 0) is 68.1 Å². The Morgan fingerprint density at radius 1 is 0.775 bits per heavy atom. The Morgan fingerprint density at radius 2 is 1.30 bits per heavy atom. The molecule has 1 amide bonds. The standard InChI is InChI=1S/C33H36N6O/c1-24-20-25(2)32(36(3)28-12-14-37(15-13-28)30-10-6-4-8-26(30)22-34)21-29(24)33(40)39-18-16-38(17-19-39)31-11-7-5-9-27(31)23-35/h4-11,20-21,28H,12-19H2,1-3H3. The molecule has 0 aliphatic carbocycles. The van der Waals surface area contributed by atoms with Crippen LogP contribution < -0.4 is 14.7 Å². The monoisotopic (exact) mass is 532 g/mol. The molecule has 7 nitrogen and oxygen atoms in total. The molecular formula is C33H36N6O. The van der Waals surface area contributed by atoms with Crippen molar-refractivity contribution < 1.29 is 4.79 Å². The van der Waals surface area contributed by atoms with Gasteiger partial charge in [0.05, 0.1) is 22.5 Å². The van der Waals surface area contributed by atoms with Crippen molar-refractivity contribution in [3.63, 3.8) is 0 Å². The van der Waals surface area contributed by atoms with E-state index in [1.807, 2.05) is 60.4 Å².